The maximum Gasteiger partial charge on any atom is 0.222 e. The Hall–Kier alpha value is -2.01. The van der Waals surface area contributed by atoms with Crippen LogP contribution < -0.4 is 10.2 Å². The lowest BCUT2D eigenvalue weighted by Gasteiger charge is -2.36. The number of rotatable bonds is 8. The smallest absolute Gasteiger partial charge is 0.222 e. The summed E-state index contributed by atoms with van der Waals surface area (Å²) >= 11 is 6.09. The van der Waals surface area contributed by atoms with E-state index in [1.165, 1.54) is 31.3 Å². The largest absolute Gasteiger partial charge is 0.368 e. The Labute approximate surface area is 185 Å². The summed E-state index contributed by atoms with van der Waals surface area (Å²) in [6.07, 6.45) is 9.02. The highest BCUT2D eigenvalue weighted by Gasteiger charge is 2.23. The van der Waals surface area contributed by atoms with Gasteiger partial charge in [-0.2, -0.15) is 0 Å². The fourth-order valence-electron chi connectivity index (χ4n) is 4.27. The van der Waals surface area contributed by atoms with Gasteiger partial charge in [-0.1, -0.05) is 36.2 Å². The third-order valence-corrected chi connectivity index (χ3v) is 6.25. The predicted molar refractivity (Wildman–Crippen MR) is 123 cm³/mol. The third-order valence-electron chi connectivity index (χ3n) is 6.02. The molecule has 5 nitrogen and oxygen atoms in total. The molecular weight excluding hydrogens is 398 g/mol. The monoisotopic (exact) mass is 431 g/mol. The first-order chi connectivity index (χ1) is 14.5. The summed E-state index contributed by atoms with van der Waals surface area (Å²) in [6, 6.07) is 7.84. The van der Waals surface area contributed by atoms with Crippen molar-refractivity contribution < 1.29 is 9.59 Å². The summed E-state index contributed by atoms with van der Waals surface area (Å²) < 4.78 is 0. The molecule has 0 radical (unpaired) electrons. The molecule has 2 aliphatic rings. The van der Waals surface area contributed by atoms with Gasteiger partial charge >= 0.3 is 0 Å². The van der Waals surface area contributed by atoms with Crippen molar-refractivity contribution >= 4 is 29.1 Å². The topological polar surface area (TPSA) is 52.7 Å². The number of anilines is 1. The molecular formula is C24H34ClN3O2. The van der Waals surface area contributed by atoms with Crippen molar-refractivity contribution in [1.29, 1.82) is 0 Å². The van der Waals surface area contributed by atoms with Crippen molar-refractivity contribution in [1.82, 2.24) is 10.2 Å². The van der Waals surface area contributed by atoms with Crippen LogP contribution in [-0.4, -0.2) is 49.4 Å². The summed E-state index contributed by atoms with van der Waals surface area (Å²) in [7, 11) is 0. The van der Waals surface area contributed by atoms with Gasteiger partial charge in [-0.05, 0) is 56.2 Å². The lowest BCUT2D eigenvalue weighted by molar-refractivity contribution is -0.132. The minimum atomic E-state index is 0.0531. The number of nitrogens with zero attached hydrogens (tertiary/aromatic N) is 2. The Morgan fingerprint density at radius 1 is 1.13 bits per heavy atom. The van der Waals surface area contributed by atoms with Gasteiger partial charge < -0.3 is 15.1 Å². The zero-order valence-electron chi connectivity index (χ0n) is 18.0. The maximum absolute atomic E-state index is 12.7. The zero-order chi connectivity index (χ0) is 21.3. The van der Waals surface area contributed by atoms with Crippen LogP contribution in [0.3, 0.4) is 0 Å². The van der Waals surface area contributed by atoms with E-state index in [9.17, 15) is 9.59 Å². The molecule has 2 amide bonds. The number of nitrogens with one attached hydrogen (secondary N) is 1. The molecule has 1 heterocycles. The van der Waals surface area contributed by atoms with Crippen LogP contribution in [0.25, 0.3) is 0 Å². The van der Waals surface area contributed by atoms with Gasteiger partial charge in [0.25, 0.3) is 0 Å². The van der Waals surface area contributed by atoms with Crippen LogP contribution in [0.2, 0.25) is 5.02 Å². The van der Waals surface area contributed by atoms with Crippen molar-refractivity contribution in [2.24, 2.45) is 5.92 Å². The second-order valence-corrected chi connectivity index (χ2v) is 9.01. The van der Waals surface area contributed by atoms with E-state index in [1.807, 2.05) is 30.0 Å². The molecule has 1 saturated heterocycles. The molecule has 1 aliphatic heterocycles. The number of carbonyl (C=O) groups excluding carboxylic acids is 2. The molecule has 164 valence electrons. The van der Waals surface area contributed by atoms with Crippen LogP contribution in [0.1, 0.15) is 51.9 Å². The predicted octanol–water partition coefficient (Wildman–Crippen LogP) is 4.41. The molecule has 30 heavy (non-hydrogen) atoms. The molecule has 1 fully saturated rings. The van der Waals surface area contributed by atoms with Gasteiger partial charge in [0.1, 0.15) is 0 Å². The van der Waals surface area contributed by atoms with Crippen molar-refractivity contribution in [3.63, 3.8) is 0 Å². The Bertz CT molecular complexity index is 757. The molecule has 1 N–H and O–H groups in total. The third kappa shape index (κ3) is 7.05. The van der Waals surface area contributed by atoms with E-state index in [4.69, 9.17) is 11.6 Å². The highest BCUT2D eigenvalue weighted by Crippen LogP contribution is 2.22. The van der Waals surface area contributed by atoms with Crippen LogP contribution in [-0.2, 0) is 9.59 Å². The quantitative estimate of drug-likeness (QED) is 0.620. The Morgan fingerprint density at radius 3 is 2.63 bits per heavy atom. The van der Waals surface area contributed by atoms with E-state index in [-0.39, 0.29) is 17.7 Å². The summed E-state index contributed by atoms with van der Waals surface area (Å²) in [5.74, 6) is 0.253. The second-order valence-electron chi connectivity index (χ2n) is 8.57. The van der Waals surface area contributed by atoms with E-state index in [0.29, 0.717) is 32.5 Å². The molecule has 3 rings (SSSR count). The van der Waals surface area contributed by atoms with Crippen LogP contribution >= 0.6 is 11.6 Å². The van der Waals surface area contributed by atoms with Gasteiger partial charge in [0.2, 0.25) is 11.8 Å². The van der Waals surface area contributed by atoms with Crippen molar-refractivity contribution in [2.75, 3.05) is 37.6 Å². The molecule has 1 aliphatic carbocycles. The number of benzene rings is 1. The van der Waals surface area contributed by atoms with E-state index in [1.54, 1.807) is 0 Å². The zero-order valence-corrected chi connectivity index (χ0v) is 18.8. The van der Waals surface area contributed by atoms with E-state index in [2.05, 4.69) is 22.4 Å². The Balaban J connectivity index is 1.34. The number of allylic oxidation sites excluding steroid dienone is 1. The molecule has 6 heteroatoms. The molecule has 0 bridgehead atoms. The van der Waals surface area contributed by atoms with E-state index in [0.717, 1.165) is 30.2 Å². The number of carbonyl (C=O) groups is 2. The van der Waals surface area contributed by atoms with Gasteiger partial charge in [-0.15, -0.1) is 0 Å². The minimum Gasteiger partial charge on any atom is -0.368 e. The van der Waals surface area contributed by atoms with Gasteiger partial charge in [-0.3, -0.25) is 9.59 Å². The molecule has 1 atom stereocenters. The highest BCUT2D eigenvalue weighted by atomic mass is 35.5. The van der Waals surface area contributed by atoms with Crippen molar-refractivity contribution in [3.05, 3.63) is 40.9 Å². The lowest BCUT2D eigenvalue weighted by atomic mass is 9.97. The highest BCUT2D eigenvalue weighted by molar-refractivity contribution is 6.30. The van der Waals surface area contributed by atoms with Crippen LogP contribution in [0, 0.1) is 5.92 Å². The average molecular weight is 432 g/mol. The molecule has 0 spiro atoms. The lowest BCUT2D eigenvalue weighted by Crippen LogP contribution is -2.49. The first kappa shape index (κ1) is 22.7. The fourth-order valence-corrected chi connectivity index (χ4v) is 4.45. The van der Waals surface area contributed by atoms with E-state index < -0.39 is 0 Å². The summed E-state index contributed by atoms with van der Waals surface area (Å²) in [5, 5.41) is 3.75. The second kappa shape index (κ2) is 11.4. The van der Waals surface area contributed by atoms with Crippen LogP contribution in [0.5, 0.6) is 0 Å². The Morgan fingerprint density at radius 2 is 1.93 bits per heavy atom. The molecule has 0 saturated carbocycles. The summed E-state index contributed by atoms with van der Waals surface area (Å²) in [5.41, 5.74) is 2.57. The number of piperazine rings is 1. The van der Waals surface area contributed by atoms with E-state index >= 15 is 0 Å². The van der Waals surface area contributed by atoms with Crippen molar-refractivity contribution in [3.8, 4) is 0 Å². The van der Waals surface area contributed by atoms with Crippen molar-refractivity contribution in [2.45, 2.75) is 51.9 Å². The molecule has 1 aromatic rings. The number of halogens is 1. The minimum absolute atomic E-state index is 0.0531. The SMILES string of the molecule is C[C@H](CC(=O)NCCC1=CCCCC1)CC(=O)N1CCN(c2cccc(Cl)c2)CC1. The standard InChI is InChI=1S/C24H34ClN3O2/c1-19(16-23(29)26-11-10-20-6-3-2-4-7-20)17-24(30)28-14-12-27(13-15-28)22-9-5-8-21(25)18-22/h5-6,8-9,18-19H,2-4,7,10-17H2,1H3,(H,26,29)/t19-/m1/s1. The number of amides is 2. The number of hydrogen-bond acceptors (Lipinski definition) is 3. The van der Waals surface area contributed by atoms with Gasteiger partial charge in [-0.25, -0.2) is 0 Å². The normalized spacial score (nSPS) is 18.0. The van der Waals surface area contributed by atoms with Gasteiger partial charge in [0, 0.05) is 56.3 Å². The maximum atomic E-state index is 12.7. The van der Waals surface area contributed by atoms with Gasteiger partial charge in [0.15, 0.2) is 0 Å². The van der Waals surface area contributed by atoms with Crippen LogP contribution in [0.4, 0.5) is 5.69 Å². The average Bonchev–Trinajstić information content (AvgIpc) is 2.74. The summed E-state index contributed by atoms with van der Waals surface area (Å²) in [4.78, 5) is 29.0. The van der Waals surface area contributed by atoms with Gasteiger partial charge in [0.05, 0.1) is 0 Å². The fraction of sp³-hybridized carbons (Fsp3) is 0.583. The van der Waals surface area contributed by atoms with Crippen LogP contribution in [0.15, 0.2) is 35.9 Å². The molecule has 0 unspecified atom stereocenters. The molecule has 1 aromatic carbocycles. The Kier molecular flexibility index (Phi) is 8.61. The summed E-state index contributed by atoms with van der Waals surface area (Å²) in [6.45, 7) is 5.71. The number of hydrogen-bond donors (Lipinski definition) is 1. The first-order valence-electron chi connectivity index (χ1n) is 11.2. The first-order valence-corrected chi connectivity index (χ1v) is 11.6. The molecule has 0 aromatic heterocycles.